The lowest BCUT2D eigenvalue weighted by atomic mass is 10.0. The smallest absolute Gasteiger partial charge is 0.306 e. The summed E-state index contributed by atoms with van der Waals surface area (Å²) in [6.07, 6.45) is 59.0. The van der Waals surface area contributed by atoms with Crippen LogP contribution < -0.4 is 5.32 Å². The first kappa shape index (κ1) is 54.8. The Morgan fingerprint density at radius 3 is 1.64 bits per heavy atom. The summed E-state index contributed by atoms with van der Waals surface area (Å²) in [6.45, 7) is 6.17. The summed E-state index contributed by atoms with van der Waals surface area (Å²) in [7, 11) is 0. The van der Waals surface area contributed by atoms with E-state index in [2.05, 4.69) is 74.7 Å². The van der Waals surface area contributed by atoms with Gasteiger partial charge in [0.25, 0.3) is 0 Å². The highest BCUT2D eigenvalue weighted by molar-refractivity contribution is 5.77. The first-order valence-corrected chi connectivity index (χ1v) is 23.5. The Bertz CT molecular complexity index is 1180. The van der Waals surface area contributed by atoms with Gasteiger partial charge in [-0.25, -0.2) is 0 Å². The summed E-state index contributed by atoms with van der Waals surface area (Å²) in [6, 6.07) is -0.733. The van der Waals surface area contributed by atoms with Crippen molar-refractivity contribution in [2.75, 3.05) is 6.61 Å². The van der Waals surface area contributed by atoms with Gasteiger partial charge in [-0.2, -0.15) is 0 Å². The molecule has 0 aromatic heterocycles. The zero-order valence-electron chi connectivity index (χ0n) is 37.4. The molecule has 58 heavy (non-hydrogen) atoms. The van der Waals surface area contributed by atoms with Crippen LogP contribution in [-0.4, -0.2) is 46.9 Å². The Kier molecular flexibility index (Phi) is 42.4. The van der Waals surface area contributed by atoms with Gasteiger partial charge in [-0.3, -0.25) is 9.59 Å². The van der Waals surface area contributed by atoms with Crippen LogP contribution >= 0.6 is 0 Å². The third kappa shape index (κ3) is 39.6. The maximum Gasteiger partial charge on any atom is 0.306 e. The minimum Gasteiger partial charge on any atom is -0.462 e. The molecule has 1 amide bonds. The fourth-order valence-electron chi connectivity index (χ4n) is 6.53. The molecule has 0 aliphatic heterocycles. The van der Waals surface area contributed by atoms with Gasteiger partial charge in [0.1, 0.15) is 6.10 Å². The van der Waals surface area contributed by atoms with Gasteiger partial charge in [0.15, 0.2) is 0 Å². The van der Waals surface area contributed by atoms with E-state index in [1.165, 1.54) is 57.8 Å². The minimum atomic E-state index is -0.815. The molecule has 0 aliphatic carbocycles. The van der Waals surface area contributed by atoms with Gasteiger partial charge < -0.3 is 20.3 Å². The van der Waals surface area contributed by atoms with E-state index in [0.717, 1.165) is 89.9 Å². The summed E-state index contributed by atoms with van der Waals surface area (Å²) in [5.74, 6) is -0.583. The molecule has 0 aliphatic rings. The number of aliphatic hydroxyl groups is 2. The van der Waals surface area contributed by atoms with Crippen molar-refractivity contribution in [2.24, 2.45) is 0 Å². The van der Waals surface area contributed by atoms with E-state index in [0.29, 0.717) is 19.3 Å². The van der Waals surface area contributed by atoms with Crippen LogP contribution in [0.2, 0.25) is 0 Å². The lowest BCUT2D eigenvalue weighted by molar-refractivity contribution is -0.151. The Morgan fingerprint density at radius 2 is 1.03 bits per heavy atom. The van der Waals surface area contributed by atoms with E-state index in [4.69, 9.17) is 4.74 Å². The Balaban J connectivity index is 4.77. The van der Waals surface area contributed by atoms with Crippen molar-refractivity contribution in [1.29, 1.82) is 0 Å². The molecule has 0 aromatic rings. The monoisotopic (exact) mass is 806 g/mol. The molecule has 0 saturated carbocycles. The number of amides is 1. The average Bonchev–Trinajstić information content (AvgIpc) is 3.22. The van der Waals surface area contributed by atoms with E-state index in [9.17, 15) is 19.8 Å². The zero-order chi connectivity index (χ0) is 42.4. The average molecular weight is 806 g/mol. The van der Waals surface area contributed by atoms with Gasteiger partial charge in [0.05, 0.1) is 25.2 Å². The Hall–Kier alpha value is -3.22. The molecule has 0 radical (unpaired) electrons. The SMILES string of the molecule is CC/C=C/C=C/C=C\C=C/C=C/CCCC(CC(=O)NC(CO)C(O)CCCCCCCCCCCCCC)OC(=O)CCCCCC/C=C/C/C=C/C/C=C/CC. The molecular formula is C52H87NO5. The highest BCUT2D eigenvalue weighted by atomic mass is 16.5. The van der Waals surface area contributed by atoms with Crippen molar-refractivity contribution in [3.63, 3.8) is 0 Å². The Labute approximate surface area is 356 Å². The van der Waals surface area contributed by atoms with Crippen molar-refractivity contribution in [1.82, 2.24) is 5.32 Å². The molecule has 0 saturated heterocycles. The van der Waals surface area contributed by atoms with Crippen LogP contribution in [0.1, 0.15) is 194 Å². The summed E-state index contributed by atoms with van der Waals surface area (Å²) < 4.78 is 5.86. The first-order chi connectivity index (χ1) is 28.5. The highest BCUT2D eigenvalue weighted by Crippen LogP contribution is 2.16. The van der Waals surface area contributed by atoms with Crippen molar-refractivity contribution in [3.05, 3.63) is 97.2 Å². The van der Waals surface area contributed by atoms with E-state index in [-0.39, 0.29) is 24.9 Å². The van der Waals surface area contributed by atoms with Crippen molar-refractivity contribution < 1.29 is 24.5 Å². The maximum absolute atomic E-state index is 13.1. The molecule has 3 N–H and O–H groups in total. The summed E-state index contributed by atoms with van der Waals surface area (Å²) >= 11 is 0. The van der Waals surface area contributed by atoms with Crippen molar-refractivity contribution in [3.8, 4) is 0 Å². The second kappa shape index (κ2) is 44.9. The summed E-state index contributed by atoms with van der Waals surface area (Å²) in [4.78, 5) is 26.0. The number of aliphatic hydroxyl groups excluding tert-OH is 2. The molecule has 6 nitrogen and oxygen atoms in total. The van der Waals surface area contributed by atoms with Gasteiger partial charge in [0.2, 0.25) is 5.91 Å². The molecule has 0 aromatic carbocycles. The van der Waals surface area contributed by atoms with E-state index in [1.54, 1.807) is 0 Å². The maximum atomic E-state index is 13.1. The number of carbonyl (C=O) groups is 2. The molecule has 0 spiro atoms. The van der Waals surface area contributed by atoms with Gasteiger partial charge in [0, 0.05) is 6.42 Å². The fourth-order valence-corrected chi connectivity index (χ4v) is 6.53. The number of allylic oxidation sites excluding steroid dienone is 16. The normalized spacial score (nSPS) is 14.2. The van der Waals surface area contributed by atoms with Crippen LogP contribution in [0.5, 0.6) is 0 Å². The largest absolute Gasteiger partial charge is 0.462 e. The van der Waals surface area contributed by atoms with Crippen LogP contribution in [0.25, 0.3) is 0 Å². The third-order valence-electron chi connectivity index (χ3n) is 10.0. The molecular weight excluding hydrogens is 719 g/mol. The van der Waals surface area contributed by atoms with Crippen molar-refractivity contribution >= 4 is 11.9 Å². The third-order valence-corrected chi connectivity index (χ3v) is 10.0. The fraction of sp³-hybridized carbons (Fsp3) is 0.654. The number of hydrogen-bond donors (Lipinski definition) is 3. The number of ether oxygens (including phenoxy) is 1. The van der Waals surface area contributed by atoms with Crippen molar-refractivity contribution in [2.45, 2.75) is 212 Å². The van der Waals surface area contributed by atoms with E-state index in [1.807, 2.05) is 48.6 Å². The molecule has 3 atom stereocenters. The van der Waals surface area contributed by atoms with Crippen LogP contribution in [0, 0.1) is 0 Å². The molecule has 0 bridgehead atoms. The summed E-state index contributed by atoms with van der Waals surface area (Å²) in [5.41, 5.74) is 0. The topological polar surface area (TPSA) is 95.9 Å². The number of nitrogens with one attached hydrogen (secondary N) is 1. The van der Waals surface area contributed by atoms with Crippen LogP contribution in [0.15, 0.2) is 97.2 Å². The number of esters is 1. The number of unbranched alkanes of at least 4 members (excludes halogenated alkanes) is 16. The predicted octanol–water partition coefficient (Wildman–Crippen LogP) is 13.8. The van der Waals surface area contributed by atoms with E-state index >= 15 is 0 Å². The molecule has 3 unspecified atom stereocenters. The second-order valence-corrected chi connectivity index (χ2v) is 15.5. The zero-order valence-corrected chi connectivity index (χ0v) is 37.4. The molecule has 0 rings (SSSR count). The number of rotatable bonds is 40. The quantitative estimate of drug-likeness (QED) is 0.0248. The number of hydrogen-bond acceptors (Lipinski definition) is 5. The second-order valence-electron chi connectivity index (χ2n) is 15.5. The van der Waals surface area contributed by atoms with E-state index < -0.39 is 18.2 Å². The van der Waals surface area contributed by atoms with Crippen LogP contribution in [0.4, 0.5) is 0 Å². The lowest BCUT2D eigenvalue weighted by Crippen LogP contribution is -2.46. The standard InChI is InChI=1S/C52H87NO5/c1-4-7-10-13-16-19-22-25-27-30-33-36-39-42-45-52(57)58-48(43-40-37-34-31-28-26-23-20-17-14-11-8-5-2)46-51(56)53-49(47-54)50(55)44-41-38-35-32-29-24-21-18-15-12-9-6-3/h7-8,10-11,14,16-17,19-20,23,25-28,31,34,48-50,54-55H,4-6,9,12-13,15,18,21-22,24,29-30,32-33,35-47H2,1-3H3,(H,53,56)/b10-7+,11-8+,17-14+,19-16+,23-20-,27-25+,28-26-,34-31+. The Morgan fingerprint density at radius 1 is 0.534 bits per heavy atom. The first-order valence-electron chi connectivity index (χ1n) is 23.5. The lowest BCUT2D eigenvalue weighted by Gasteiger charge is -2.24. The predicted molar refractivity (Wildman–Crippen MR) is 250 cm³/mol. The molecule has 0 fully saturated rings. The van der Waals surface area contributed by atoms with Crippen LogP contribution in [0.3, 0.4) is 0 Å². The minimum absolute atomic E-state index is 0.0138. The van der Waals surface area contributed by atoms with Gasteiger partial charge in [-0.15, -0.1) is 0 Å². The molecule has 0 heterocycles. The highest BCUT2D eigenvalue weighted by Gasteiger charge is 2.24. The van der Waals surface area contributed by atoms with Crippen LogP contribution in [-0.2, 0) is 14.3 Å². The molecule has 6 heteroatoms. The van der Waals surface area contributed by atoms with Gasteiger partial charge in [-0.1, -0.05) is 208 Å². The summed E-state index contributed by atoms with van der Waals surface area (Å²) in [5, 5.41) is 23.6. The van der Waals surface area contributed by atoms with Gasteiger partial charge >= 0.3 is 5.97 Å². The van der Waals surface area contributed by atoms with Gasteiger partial charge in [-0.05, 0) is 70.6 Å². The number of carbonyl (C=O) groups excluding carboxylic acids is 2. The molecule has 330 valence electrons.